The molecule has 3 rings (SSSR count). The van der Waals surface area contributed by atoms with Crippen LogP contribution in [0.2, 0.25) is 0 Å². The number of halogens is 1. The molecule has 0 aromatic heterocycles. The summed E-state index contributed by atoms with van der Waals surface area (Å²) in [5.41, 5.74) is 2.73. The van der Waals surface area contributed by atoms with Crippen LogP contribution in [0, 0.1) is 5.92 Å². The summed E-state index contributed by atoms with van der Waals surface area (Å²) in [6.07, 6.45) is 10.9. The largest absolute Gasteiger partial charge is 0.493 e. The minimum Gasteiger partial charge on any atom is -0.493 e. The SMILES string of the molecule is COc1ccc(C=C2CCC3CC=CC=C3C2=O)c(Br)c1OC. The van der Waals surface area contributed by atoms with Crippen LogP contribution in [0.25, 0.3) is 6.08 Å². The zero-order valence-electron chi connectivity index (χ0n) is 13.3. The molecule has 4 heteroatoms. The maximum absolute atomic E-state index is 12.7. The summed E-state index contributed by atoms with van der Waals surface area (Å²) >= 11 is 3.56. The first-order valence-corrected chi connectivity index (χ1v) is 8.47. The first-order chi connectivity index (χ1) is 11.2. The summed E-state index contributed by atoms with van der Waals surface area (Å²) in [4.78, 5) is 12.7. The maximum Gasteiger partial charge on any atom is 0.185 e. The Morgan fingerprint density at radius 2 is 2.09 bits per heavy atom. The fourth-order valence-electron chi connectivity index (χ4n) is 3.18. The number of ketones is 1. The van der Waals surface area contributed by atoms with Gasteiger partial charge in [-0.1, -0.05) is 18.2 Å². The Morgan fingerprint density at radius 3 is 2.83 bits per heavy atom. The molecule has 1 aromatic carbocycles. The molecule has 1 fully saturated rings. The van der Waals surface area contributed by atoms with Crippen LogP contribution in [-0.2, 0) is 4.79 Å². The van der Waals surface area contributed by atoms with Gasteiger partial charge in [-0.15, -0.1) is 0 Å². The highest BCUT2D eigenvalue weighted by Crippen LogP contribution is 2.40. The average molecular weight is 375 g/mol. The highest BCUT2D eigenvalue weighted by Gasteiger charge is 2.29. The minimum atomic E-state index is 0.173. The minimum absolute atomic E-state index is 0.173. The summed E-state index contributed by atoms with van der Waals surface area (Å²) in [5.74, 6) is 1.87. The molecule has 2 aliphatic carbocycles. The molecule has 0 bridgehead atoms. The standard InChI is InChI=1S/C19H19BrO3/c1-22-16-10-9-13(17(20)19(16)23-2)11-14-8-7-12-5-3-4-6-15(12)18(14)21/h3-4,6,9-12H,5,7-8H2,1-2H3. The number of hydrogen-bond donors (Lipinski definition) is 0. The number of carbonyl (C=O) groups excluding carboxylic acids is 1. The smallest absolute Gasteiger partial charge is 0.185 e. The monoisotopic (exact) mass is 374 g/mol. The van der Waals surface area contributed by atoms with Gasteiger partial charge in [0.2, 0.25) is 0 Å². The predicted octanol–water partition coefficient (Wildman–Crippen LogP) is 4.72. The van der Waals surface area contributed by atoms with Gasteiger partial charge < -0.3 is 9.47 Å². The first-order valence-electron chi connectivity index (χ1n) is 7.68. The van der Waals surface area contributed by atoms with Crippen LogP contribution in [0.3, 0.4) is 0 Å². The molecule has 120 valence electrons. The molecule has 0 radical (unpaired) electrons. The van der Waals surface area contributed by atoms with Crippen molar-refractivity contribution in [2.24, 2.45) is 5.92 Å². The number of allylic oxidation sites excluding steroid dienone is 5. The highest BCUT2D eigenvalue weighted by molar-refractivity contribution is 9.10. The molecule has 2 aliphatic rings. The average Bonchev–Trinajstić information content (AvgIpc) is 2.58. The Balaban J connectivity index is 1.97. The number of benzene rings is 1. The number of fused-ring (bicyclic) bond motifs is 1. The Labute approximate surface area is 144 Å². The van der Waals surface area contributed by atoms with Crippen molar-refractivity contribution in [3.63, 3.8) is 0 Å². The van der Waals surface area contributed by atoms with Crippen molar-refractivity contribution in [2.45, 2.75) is 19.3 Å². The summed E-state index contributed by atoms with van der Waals surface area (Å²) in [7, 11) is 3.21. The van der Waals surface area contributed by atoms with Gasteiger partial charge in [-0.3, -0.25) is 4.79 Å². The van der Waals surface area contributed by atoms with Gasteiger partial charge >= 0.3 is 0 Å². The van der Waals surface area contributed by atoms with E-state index in [1.807, 2.05) is 30.4 Å². The van der Waals surface area contributed by atoms with Crippen molar-refractivity contribution in [3.8, 4) is 11.5 Å². The van der Waals surface area contributed by atoms with Crippen LogP contribution in [0.4, 0.5) is 0 Å². The van der Waals surface area contributed by atoms with Crippen LogP contribution < -0.4 is 9.47 Å². The Kier molecular flexibility index (Phi) is 4.71. The van der Waals surface area contributed by atoms with Crippen LogP contribution in [0.15, 0.2) is 46.0 Å². The Morgan fingerprint density at radius 1 is 1.26 bits per heavy atom. The van der Waals surface area contributed by atoms with E-state index >= 15 is 0 Å². The Bertz CT molecular complexity index is 728. The van der Waals surface area contributed by atoms with E-state index in [9.17, 15) is 4.79 Å². The van der Waals surface area contributed by atoms with Crippen LogP contribution in [-0.4, -0.2) is 20.0 Å². The third-order valence-corrected chi connectivity index (χ3v) is 5.25. The number of rotatable bonds is 3. The van der Waals surface area contributed by atoms with E-state index in [-0.39, 0.29) is 5.78 Å². The van der Waals surface area contributed by atoms with Crippen LogP contribution >= 0.6 is 15.9 Å². The predicted molar refractivity (Wildman–Crippen MR) is 94.8 cm³/mol. The molecule has 23 heavy (non-hydrogen) atoms. The number of carbonyl (C=O) groups is 1. The summed E-state index contributed by atoms with van der Waals surface area (Å²) in [6, 6.07) is 3.79. The van der Waals surface area contributed by atoms with Gasteiger partial charge in [0.1, 0.15) is 0 Å². The molecular weight excluding hydrogens is 356 g/mol. The van der Waals surface area contributed by atoms with E-state index in [1.165, 1.54) is 0 Å². The van der Waals surface area contributed by atoms with Crippen LogP contribution in [0.5, 0.6) is 11.5 Å². The van der Waals surface area contributed by atoms with Gasteiger partial charge in [-0.05, 0) is 64.9 Å². The third-order valence-electron chi connectivity index (χ3n) is 4.43. The van der Waals surface area contributed by atoms with Gasteiger partial charge in [0.05, 0.1) is 18.7 Å². The number of Topliss-reactive ketones (excluding diaryl/α,β-unsaturated/α-hetero) is 1. The van der Waals surface area contributed by atoms with Crippen LogP contribution in [0.1, 0.15) is 24.8 Å². The zero-order chi connectivity index (χ0) is 16.4. The summed E-state index contributed by atoms with van der Waals surface area (Å²) in [5, 5.41) is 0. The van der Waals surface area contributed by atoms with Crippen molar-refractivity contribution < 1.29 is 14.3 Å². The molecule has 1 atom stereocenters. The highest BCUT2D eigenvalue weighted by atomic mass is 79.9. The molecule has 1 aromatic rings. The molecular formula is C19H19BrO3. The van der Waals surface area contributed by atoms with Crippen molar-refractivity contribution in [3.05, 3.63) is 51.5 Å². The lowest BCUT2D eigenvalue weighted by atomic mass is 9.76. The van der Waals surface area contributed by atoms with Gasteiger partial charge in [-0.25, -0.2) is 0 Å². The van der Waals surface area contributed by atoms with Crippen molar-refractivity contribution in [2.75, 3.05) is 14.2 Å². The second-order valence-electron chi connectivity index (χ2n) is 5.72. The van der Waals surface area contributed by atoms with Crippen molar-refractivity contribution >= 4 is 27.8 Å². The van der Waals surface area contributed by atoms with Gasteiger partial charge in [0, 0.05) is 11.1 Å². The Hall–Kier alpha value is -1.81. The van der Waals surface area contributed by atoms with Gasteiger partial charge in [0.25, 0.3) is 0 Å². The van der Waals surface area contributed by atoms with E-state index in [2.05, 4.69) is 22.0 Å². The fourth-order valence-corrected chi connectivity index (χ4v) is 3.79. The molecule has 0 spiro atoms. The second-order valence-corrected chi connectivity index (χ2v) is 6.52. The molecule has 1 unspecified atom stereocenters. The van der Waals surface area contributed by atoms with E-state index < -0.39 is 0 Å². The van der Waals surface area contributed by atoms with E-state index in [0.717, 1.165) is 40.4 Å². The molecule has 0 heterocycles. The van der Waals surface area contributed by atoms with E-state index in [1.54, 1.807) is 14.2 Å². The quantitative estimate of drug-likeness (QED) is 0.718. The molecule has 0 saturated heterocycles. The lowest BCUT2D eigenvalue weighted by Gasteiger charge is -2.27. The first kappa shape index (κ1) is 16.1. The number of methoxy groups -OCH3 is 2. The van der Waals surface area contributed by atoms with E-state index in [0.29, 0.717) is 17.4 Å². The van der Waals surface area contributed by atoms with Crippen molar-refractivity contribution in [1.82, 2.24) is 0 Å². The van der Waals surface area contributed by atoms with E-state index in [4.69, 9.17) is 9.47 Å². The maximum atomic E-state index is 12.7. The molecule has 0 amide bonds. The lowest BCUT2D eigenvalue weighted by molar-refractivity contribution is -0.113. The van der Waals surface area contributed by atoms with Gasteiger partial charge in [-0.2, -0.15) is 0 Å². The van der Waals surface area contributed by atoms with Gasteiger partial charge in [0.15, 0.2) is 17.3 Å². The second kappa shape index (κ2) is 6.75. The molecule has 0 N–H and O–H groups in total. The molecule has 3 nitrogen and oxygen atoms in total. The lowest BCUT2D eigenvalue weighted by Crippen LogP contribution is -2.22. The normalized spacial score (nSPS) is 21.9. The molecule has 1 saturated carbocycles. The third kappa shape index (κ3) is 3.00. The molecule has 0 aliphatic heterocycles. The number of hydrogen-bond acceptors (Lipinski definition) is 3. The fraction of sp³-hybridized carbons (Fsp3) is 0.316. The summed E-state index contributed by atoms with van der Waals surface area (Å²) < 4.78 is 11.5. The summed E-state index contributed by atoms with van der Waals surface area (Å²) in [6.45, 7) is 0. The zero-order valence-corrected chi connectivity index (χ0v) is 14.9. The number of ether oxygens (including phenoxy) is 2. The van der Waals surface area contributed by atoms with Crippen molar-refractivity contribution in [1.29, 1.82) is 0 Å². The topological polar surface area (TPSA) is 35.5 Å².